The van der Waals surface area contributed by atoms with Crippen molar-refractivity contribution in [3.8, 4) is 0 Å². The van der Waals surface area contributed by atoms with E-state index in [0.717, 1.165) is 5.56 Å². The summed E-state index contributed by atoms with van der Waals surface area (Å²) in [6.07, 6.45) is 1.88. The molecule has 0 unspecified atom stereocenters. The summed E-state index contributed by atoms with van der Waals surface area (Å²) in [5.74, 6) is 0. The summed E-state index contributed by atoms with van der Waals surface area (Å²) in [6, 6.07) is 40.8. The Labute approximate surface area is 213 Å². The smallest absolute Gasteiger partial charge is 0.312 e. The highest BCUT2D eigenvalue weighted by Gasteiger charge is 2.48. The highest BCUT2D eigenvalue weighted by molar-refractivity contribution is 7.10. The Kier molecular flexibility index (Phi) is 7.54. The van der Waals surface area contributed by atoms with Crippen LogP contribution in [0.15, 0.2) is 122 Å². The van der Waals surface area contributed by atoms with E-state index in [1.54, 1.807) is 0 Å². The third-order valence-electron chi connectivity index (χ3n) is 6.28. The minimum absolute atomic E-state index is 1.12. The van der Waals surface area contributed by atoms with Gasteiger partial charge in [-0.05, 0) is 52.5 Å². The van der Waals surface area contributed by atoms with Crippen molar-refractivity contribution >= 4 is 52.0 Å². The molecule has 0 N–H and O–H groups in total. The molecule has 0 radical (unpaired) electrons. The van der Waals surface area contributed by atoms with E-state index in [4.69, 9.17) is 8.23 Å². The molecule has 178 valence electrons. The van der Waals surface area contributed by atoms with E-state index >= 15 is 0 Å². The second-order valence-electron chi connectivity index (χ2n) is 9.72. The van der Waals surface area contributed by atoms with Crippen molar-refractivity contribution in [2.75, 3.05) is 0 Å². The average molecular weight is 511 g/mol. The Morgan fingerprint density at radius 1 is 0.514 bits per heavy atom. The maximum atomic E-state index is 7.46. The van der Waals surface area contributed by atoms with Crippen LogP contribution in [-0.4, -0.2) is 25.2 Å². The summed E-state index contributed by atoms with van der Waals surface area (Å²) >= 11 is 0. The van der Waals surface area contributed by atoms with Crippen LogP contribution in [0.2, 0.25) is 26.2 Å². The number of benzene rings is 4. The lowest BCUT2D eigenvalue weighted by molar-refractivity contribution is 0.406. The molecule has 0 bridgehead atoms. The molecule has 0 heterocycles. The second kappa shape index (κ2) is 10.4. The third kappa shape index (κ3) is 5.55. The van der Waals surface area contributed by atoms with Crippen LogP contribution in [0.4, 0.5) is 0 Å². The molecule has 0 saturated carbocycles. The van der Waals surface area contributed by atoms with Crippen molar-refractivity contribution in [2.24, 2.45) is 0 Å². The summed E-state index contributed by atoms with van der Waals surface area (Å²) in [5.41, 5.74) is 1.12. The van der Waals surface area contributed by atoms with Crippen molar-refractivity contribution < 1.29 is 8.23 Å². The first-order valence-corrected chi connectivity index (χ1v) is 19.7. The molecule has 0 aliphatic rings. The fraction of sp³-hybridized carbons (Fsp3) is 0.133. The van der Waals surface area contributed by atoms with E-state index in [0.29, 0.717) is 0 Å². The first kappa shape index (κ1) is 25.3. The second-order valence-corrected chi connectivity index (χ2v) is 20.8. The molecule has 0 atom stereocenters. The van der Waals surface area contributed by atoms with E-state index < -0.39 is 25.2 Å². The third-order valence-corrected chi connectivity index (χ3v) is 18.6. The maximum Gasteiger partial charge on any atom is 0.312 e. The minimum Gasteiger partial charge on any atom is -0.433 e. The standard InChI is InChI=1S/C30H34O2Si3/c1-6-26-22-24-27(25-23-26)33(2,3)31-34(4,5)32-35(28-16-10-7-11-17-28,29-18-12-8-13-19-29)30-20-14-9-15-21-30/h6-25H,1H2,2-5H3. The van der Waals surface area contributed by atoms with Crippen LogP contribution in [0.5, 0.6) is 0 Å². The van der Waals surface area contributed by atoms with Gasteiger partial charge in [-0.1, -0.05) is 128 Å². The van der Waals surface area contributed by atoms with E-state index in [1.807, 2.05) is 6.08 Å². The van der Waals surface area contributed by atoms with Crippen molar-refractivity contribution in [2.45, 2.75) is 26.2 Å². The monoisotopic (exact) mass is 510 g/mol. The first-order chi connectivity index (χ1) is 16.8. The van der Waals surface area contributed by atoms with Gasteiger partial charge in [-0.25, -0.2) is 0 Å². The number of rotatable bonds is 9. The van der Waals surface area contributed by atoms with Gasteiger partial charge in [-0.2, -0.15) is 0 Å². The largest absolute Gasteiger partial charge is 0.433 e. The van der Waals surface area contributed by atoms with Gasteiger partial charge in [0.25, 0.3) is 8.32 Å². The summed E-state index contributed by atoms with van der Waals surface area (Å²) in [5, 5.41) is 4.96. The zero-order valence-corrected chi connectivity index (χ0v) is 24.1. The predicted octanol–water partition coefficient (Wildman–Crippen LogP) is 5.14. The van der Waals surface area contributed by atoms with Crippen molar-refractivity contribution in [1.82, 2.24) is 0 Å². The van der Waals surface area contributed by atoms with Crippen LogP contribution in [0, 0.1) is 0 Å². The van der Waals surface area contributed by atoms with Crippen molar-refractivity contribution in [1.29, 1.82) is 0 Å². The number of hydrogen-bond donors (Lipinski definition) is 0. The van der Waals surface area contributed by atoms with Gasteiger partial charge in [0.05, 0.1) is 0 Å². The fourth-order valence-corrected chi connectivity index (χ4v) is 19.0. The molecule has 5 heteroatoms. The Morgan fingerprint density at radius 2 is 0.914 bits per heavy atom. The molecule has 0 saturated heterocycles. The SMILES string of the molecule is C=Cc1ccc([Si](C)(C)O[Si](C)(C)O[Si](c2ccccc2)(c2ccccc2)c2ccccc2)cc1. The van der Waals surface area contributed by atoms with Gasteiger partial charge in [0.2, 0.25) is 8.32 Å². The Morgan fingerprint density at radius 3 is 1.29 bits per heavy atom. The molecule has 0 aromatic heterocycles. The van der Waals surface area contributed by atoms with E-state index in [2.05, 4.69) is 148 Å². The highest BCUT2D eigenvalue weighted by Crippen LogP contribution is 2.22. The van der Waals surface area contributed by atoms with E-state index in [-0.39, 0.29) is 0 Å². The van der Waals surface area contributed by atoms with Gasteiger partial charge in [-0.3, -0.25) is 0 Å². The molecule has 0 spiro atoms. The molecule has 35 heavy (non-hydrogen) atoms. The summed E-state index contributed by atoms with van der Waals surface area (Å²) in [6.45, 7) is 12.8. The quantitative estimate of drug-likeness (QED) is 0.229. The molecule has 4 rings (SSSR count). The molecular weight excluding hydrogens is 477 g/mol. The normalized spacial score (nSPS) is 12.3. The van der Waals surface area contributed by atoms with Crippen LogP contribution in [0.25, 0.3) is 6.08 Å². The first-order valence-electron chi connectivity index (χ1n) is 12.1. The summed E-state index contributed by atoms with van der Waals surface area (Å²) in [4.78, 5) is 0. The van der Waals surface area contributed by atoms with Gasteiger partial charge < -0.3 is 8.23 Å². The topological polar surface area (TPSA) is 18.5 Å². The van der Waals surface area contributed by atoms with Crippen molar-refractivity contribution in [3.63, 3.8) is 0 Å². The fourth-order valence-electron chi connectivity index (χ4n) is 4.78. The molecule has 4 aromatic rings. The molecule has 0 fully saturated rings. The van der Waals surface area contributed by atoms with Gasteiger partial charge >= 0.3 is 8.56 Å². The van der Waals surface area contributed by atoms with Crippen molar-refractivity contribution in [3.05, 3.63) is 127 Å². The molecule has 4 aromatic carbocycles. The minimum atomic E-state index is -2.83. The molecule has 2 nitrogen and oxygen atoms in total. The lowest BCUT2D eigenvalue weighted by Crippen LogP contribution is -2.73. The number of hydrogen-bond acceptors (Lipinski definition) is 2. The Balaban J connectivity index is 1.81. The average Bonchev–Trinajstić information content (AvgIpc) is 2.88. The van der Waals surface area contributed by atoms with Gasteiger partial charge in [-0.15, -0.1) is 0 Å². The molecule has 0 amide bonds. The summed E-state index contributed by atoms with van der Waals surface area (Å²) < 4.78 is 14.5. The van der Waals surface area contributed by atoms with E-state index in [9.17, 15) is 0 Å². The zero-order valence-electron chi connectivity index (χ0n) is 21.1. The van der Waals surface area contributed by atoms with Crippen LogP contribution < -0.4 is 20.7 Å². The van der Waals surface area contributed by atoms with Crippen LogP contribution in [0.3, 0.4) is 0 Å². The van der Waals surface area contributed by atoms with Crippen LogP contribution in [0.1, 0.15) is 5.56 Å². The lowest BCUT2D eigenvalue weighted by Gasteiger charge is -2.42. The van der Waals surface area contributed by atoms with Gasteiger partial charge in [0.15, 0.2) is 0 Å². The van der Waals surface area contributed by atoms with E-state index in [1.165, 1.54) is 20.7 Å². The predicted molar refractivity (Wildman–Crippen MR) is 157 cm³/mol. The van der Waals surface area contributed by atoms with Crippen LogP contribution >= 0.6 is 0 Å². The lowest BCUT2D eigenvalue weighted by atomic mass is 10.2. The van der Waals surface area contributed by atoms with Gasteiger partial charge in [0, 0.05) is 0 Å². The molecular formula is C30H34O2Si3. The van der Waals surface area contributed by atoms with Crippen LogP contribution in [-0.2, 0) is 8.23 Å². The Bertz CT molecular complexity index is 1140. The summed E-state index contributed by atoms with van der Waals surface area (Å²) in [7, 11) is -7.68. The maximum absolute atomic E-state index is 7.46. The highest BCUT2D eigenvalue weighted by atomic mass is 28.5. The Hall–Kier alpha value is -2.81. The molecule has 0 aliphatic heterocycles. The van der Waals surface area contributed by atoms with Gasteiger partial charge in [0.1, 0.15) is 0 Å². The zero-order chi connectivity index (χ0) is 24.9. The molecule has 0 aliphatic carbocycles.